The minimum atomic E-state index is -4.65. The molecule has 1 saturated carbocycles. The van der Waals surface area contributed by atoms with E-state index in [1.165, 1.54) is 7.11 Å². The summed E-state index contributed by atoms with van der Waals surface area (Å²) in [5.74, 6) is -3.24. The predicted molar refractivity (Wildman–Crippen MR) is 104 cm³/mol. The van der Waals surface area contributed by atoms with Gasteiger partial charge in [0.15, 0.2) is 21.4 Å². The molecule has 0 bridgehead atoms. The Labute approximate surface area is 180 Å². The summed E-state index contributed by atoms with van der Waals surface area (Å²) in [6, 6.07) is 4.66. The Kier molecular flexibility index (Phi) is 5.43. The molecule has 172 valence electrons. The number of hydrogen-bond acceptors (Lipinski definition) is 5. The molecule has 0 N–H and O–H groups in total. The summed E-state index contributed by atoms with van der Waals surface area (Å²) >= 11 is 0. The van der Waals surface area contributed by atoms with Crippen LogP contribution in [-0.4, -0.2) is 27.8 Å². The first kappa shape index (κ1) is 22.5. The standard InChI is InChI=1S/C21H18F5NO4S/c1-30-27-14-8-9-20(32(28,29)15-4-2-12(3-5-15)21(24,25)26)13(10-14)11-31-19-17(23)7-6-16(22)18(19)20/h2-7,13H,8-11H2,1H3. The van der Waals surface area contributed by atoms with Gasteiger partial charge in [-0.3, -0.25) is 0 Å². The number of halogens is 5. The highest BCUT2D eigenvalue weighted by Crippen LogP contribution is 2.56. The lowest BCUT2D eigenvalue weighted by Gasteiger charge is -2.47. The van der Waals surface area contributed by atoms with Crippen molar-refractivity contribution in [3.05, 3.63) is 59.2 Å². The van der Waals surface area contributed by atoms with Crippen molar-refractivity contribution in [3.8, 4) is 5.75 Å². The summed E-state index contributed by atoms with van der Waals surface area (Å²) < 4.78 is 99.7. The molecule has 5 nitrogen and oxygen atoms in total. The van der Waals surface area contributed by atoms with E-state index in [9.17, 15) is 26.0 Å². The van der Waals surface area contributed by atoms with E-state index in [0.29, 0.717) is 17.8 Å². The van der Waals surface area contributed by atoms with E-state index in [4.69, 9.17) is 9.57 Å². The third-order valence-corrected chi connectivity index (χ3v) is 8.62. The molecule has 2 atom stereocenters. The van der Waals surface area contributed by atoms with Gasteiger partial charge in [-0.2, -0.15) is 13.2 Å². The van der Waals surface area contributed by atoms with E-state index in [-0.39, 0.29) is 25.9 Å². The molecule has 32 heavy (non-hydrogen) atoms. The Morgan fingerprint density at radius 1 is 1.09 bits per heavy atom. The minimum absolute atomic E-state index is 0.0725. The molecule has 11 heteroatoms. The van der Waals surface area contributed by atoms with Crippen LogP contribution in [0.5, 0.6) is 5.75 Å². The maximum atomic E-state index is 15.1. The van der Waals surface area contributed by atoms with Crippen LogP contribution < -0.4 is 4.74 Å². The molecule has 2 aliphatic rings. The summed E-state index contributed by atoms with van der Waals surface area (Å²) in [6.45, 7) is -0.240. The van der Waals surface area contributed by atoms with Crippen molar-refractivity contribution in [2.24, 2.45) is 11.1 Å². The monoisotopic (exact) mass is 475 g/mol. The zero-order valence-corrected chi connectivity index (χ0v) is 17.6. The first-order chi connectivity index (χ1) is 15.0. The Balaban J connectivity index is 1.94. The van der Waals surface area contributed by atoms with Crippen LogP contribution in [0.15, 0.2) is 46.4 Å². The van der Waals surface area contributed by atoms with Gasteiger partial charge in [-0.25, -0.2) is 17.2 Å². The van der Waals surface area contributed by atoms with Gasteiger partial charge < -0.3 is 9.57 Å². The number of oxime groups is 1. The molecule has 1 fully saturated rings. The lowest BCUT2D eigenvalue weighted by molar-refractivity contribution is -0.137. The van der Waals surface area contributed by atoms with E-state index in [1.807, 2.05) is 0 Å². The third kappa shape index (κ3) is 3.33. The maximum absolute atomic E-state index is 15.1. The molecule has 2 aromatic carbocycles. The summed E-state index contributed by atoms with van der Waals surface area (Å²) in [4.78, 5) is 4.36. The summed E-state index contributed by atoms with van der Waals surface area (Å²) in [7, 11) is -3.16. The van der Waals surface area contributed by atoms with Crippen LogP contribution in [0.4, 0.5) is 22.0 Å². The summed E-state index contributed by atoms with van der Waals surface area (Å²) in [6.07, 6.45) is -4.64. The molecule has 0 saturated heterocycles. The fourth-order valence-electron chi connectivity index (χ4n) is 4.59. The van der Waals surface area contributed by atoms with Crippen LogP contribution in [0, 0.1) is 17.6 Å². The van der Waals surface area contributed by atoms with E-state index < -0.39 is 60.1 Å². The Morgan fingerprint density at radius 2 is 1.75 bits per heavy atom. The number of ether oxygens (including phenoxy) is 1. The van der Waals surface area contributed by atoms with E-state index in [2.05, 4.69) is 5.16 Å². The number of hydrogen-bond donors (Lipinski definition) is 0. The minimum Gasteiger partial charge on any atom is -0.490 e. The Bertz CT molecular complexity index is 1180. The largest absolute Gasteiger partial charge is 0.490 e. The van der Waals surface area contributed by atoms with Crippen LogP contribution >= 0.6 is 0 Å². The van der Waals surface area contributed by atoms with Crippen LogP contribution in [0.1, 0.15) is 30.4 Å². The van der Waals surface area contributed by atoms with Crippen LogP contribution in [0.25, 0.3) is 0 Å². The SMILES string of the molecule is CON=C1CCC2(S(=O)(=O)c3ccc(C(F)(F)F)cc3)c3c(F)ccc(F)c3OCC2C1. The Hall–Kier alpha value is -2.69. The molecule has 0 aromatic heterocycles. The van der Waals surface area contributed by atoms with Crippen molar-refractivity contribution in [2.75, 3.05) is 13.7 Å². The highest BCUT2D eigenvalue weighted by Gasteiger charge is 2.59. The third-order valence-electron chi connectivity index (χ3n) is 6.03. The zero-order chi connectivity index (χ0) is 23.3. The van der Waals surface area contributed by atoms with Gasteiger partial charge in [0.05, 0.1) is 28.3 Å². The Morgan fingerprint density at radius 3 is 2.38 bits per heavy atom. The number of rotatable bonds is 3. The summed E-state index contributed by atoms with van der Waals surface area (Å²) in [5.41, 5.74) is -0.932. The van der Waals surface area contributed by atoms with Crippen molar-refractivity contribution in [1.29, 1.82) is 0 Å². The van der Waals surface area contributed by atoms with Gasteiger partial charge in [0.25, 0.3) is 0 Å². The predicted octanol–water partition coefficient (Wildman–Crippen LogP) is 4.85. The summed E-state index contributed by atoms with van der Waals surface area (Å²) in [5, 5.41) is 3.87. The number of fused-ring (bicyclic) bond motifs is 3. The molecule has 0 amide bonds. The highest BCUT2D eigenvalue weighted by atomic mass is 32.2. The normalized spacial score (nSPS) is 24.4. The molecular weight excluding hydrogens is 457 g/mol. The smallest absolute Gasteiger partial charge is 0.416 e. The van der Waals surface area contributed by atoms with Gasteiger partial charge >= 0.3 is 6.18 Å². The van der Waals surface area contributed by atoms with Gasteiger partial charge in [-0.1, -0.05) is 5.16 Å². The maximum Gasteiger partial charge on any atom is 0.416 e. The molecule has 1 aliphatic heterocycles. The number of nitrogens with zero attached hydrogens (tertiary/aromatic N) is 1. The fraction of sp³-hybridized carbons (Fsp3) is 0.381. The quantitative estimate of drug-likeness (QED) is 0.471. The molecule has 4 rings (SSSR count). The number of sulfone groups is 1. The first-order valence-electron chi connectivity index (χ1n) is 9.64. The van der Waals surface area contributed by atoms with Crippen LogP contribution in [0.3, 0.4) is 0 Å². The fourth-order valence-corrected chi connectivity index (χ4v) is 6.93. The molecule has 1 aliphatic carbocycles. The lowest BCUT2D eigenvalue weighted by atomic mass is 9.72. The van der Waals surface area contributed by atoms with E-state index in [0.717, 1.165) is 24.3 Å². The van der Waals surface area contributed by atoms with Crippen molar-refractivity contribution >= 4 is 15.5 Å². The molecule has 2 aromatic rings. The van der Waals surface area contributed by atoms with Gasteiger partial charge in [-0.05, 0) is 55.7 Å². The molecule has 2 unspecified atom stereocenters. The van der Waals surface area contributed by atoms with E-state index >= 15 is 4.39 Å². The van der Waals surface area contributed by atoms with Crippen molar-refractivity contribution in [1.82, 2.24) is 0 Å². The zero-order valence-electron chi connectivity index (χ0n) is 16.7. The second-order valence-corrected chi connectivity index (χ2v) is 9.91. The van der Waals surface area contributed by atoms with Gasteiger partial charge in [-0.15, -0.1) is 0 Å². The van der Waals surface area contributed by atoms with Crippen molar-refractivity contribution < 1.29 is 39.9 Å². The number of alkyl halides is 3. The average Bonchev–Trinajstić information content (AvgIpc) is 2.75. The molecular formula is C21H18F5NO4S. The topological polar surface area (TPSA) is 65.0 Å². The second kappa shape index (κ2) is 7.72. The first-order valence-corrected chi connectivity index (χ1v) is 11.1. The van der Waals surface area contributed by atoms with Gasteiger partial charge in [0.2, 0.25) is 0 Å². The molecule has 0 spiro atoms. The average molecular weight is 475 g/mol. The van der Waals surface area contributed by atoms with Crippen LogP contribution in [0.2, 0.25) is 0 Å². The van der Waals surface area contributed by atoms with Gasteiger partial charge in [0, 0.05) is 5.92 Å². The molecule has 1 heterocycles. The second-order valence-electron chi connectivity index (χ2n) is 7.70. The van der Waals surface area contributed by atoms with E-state index in [1.54, 1.807) is 0 Å². The number of benzene rings is 2. The molecule has 0 radical (unpaired) electrons. The van der Waals surface area contributed by atoms with Crippen molar-refractivity contribution in [2.45, 2.75) is 35.1 Å². The lowest BCUT2D eigenvalue weighted by Crippen LogP contribution is -2.52. The van der Waals surface area contributed by atoms with Gasteiger partial charge in [0.1, 0.15) is 17.7 Å². The van der Waals surface area contributed by atoms with Crippen LogP contribution in [-0.2, 0) is 25.6 Å². The van der Waals surface area contributed by atoms with Crippen molar-refractivity contribution in [3.63, 3.8) is 0 Å². The highest BCUT2D eigenvalue weighted by molar-refractivity contribution is 7.92.